The molecule has 0 radical (unpaired) electrons. The lowest BCUT2D eigenvalue weighted by atomic mass is 9.97. The second-order valence-corrected chi connectivity index (χ2v) is 5.69. The third kappa shape index (κ3) is 2.28. The van der Waals surface area contributed by atoms with Crippen LogP contribution in [0.15, 0.2) is 36.4 Å². The van der Waals surface area contributed by atoms with E-state index in [1.807, 2.05) is 24.3 Å². The smallest absolute Gasteiger partial charge is 0.161 e. The summed E-state index contributed by atoms with van der Waals surface area (Å²) in [6.45, 7) is 1.14. The van der Waals surface area contributed by atoms with Crippen LogP contribution < -0.4 is 9.47 Å². The number of benzene rings is 2. The van der Waals surface area contributed by atoms with Gasteiger partial charge in [0, 0.05) is 0 Å². The van der Waals surface area contributed by atoms with Crippen LogP contribution in [0, 0.1) is 0 Å². The second kappa shape index (κ2) is 5.08. The van der Waals surface area contributed by atoms with Gasteiger partial charge in [0.2, 0.25) is 0 Å². The molecule has 21 heavy (non-hydrogen) atoms. The molecule has 4 rings (SSSR count). The number of aliphatic hydroxyl groups excluding tert-OH is 1. The lowest BCUT2D eigenvalue weighted by Crippen LogP contribution is -2.15. The summed E-state index contributed by atoms with van der Waals surface area (Å²) in [6, 6.07) is 12.0. The fraction of sp³-hybridized carbons (Fsp3) is 0.333. The first-order valence-corrected chi connectivity index (χ1v) is 7.50. The van der Waals surface area contributed by atoms with E-state index < -0.39 is 6.10 Å². The number of hydrogen-bond donors (Lipinski definition) is 1. The molecule has 2 aromatic carbocycles. The molecule has 2 aromatic rings. The summed E-state index contributed by atoms with van der Waals surface area (Å²) in [5.41, 5.74) is 4.60. The van der Waals surface area contributed by atoms with Gasteiger partial charge in [-0.25, -0.2) is 0 Å². The Labute approximate surface area is 124 Å². The van der Waals surface area contributed by atoms with E-state index >= 15 is 0 Å². The molecule has 3 nitrogen and oxygen atoms in total. The first-order chi connectivity index (χ1) is 10.3. The van der Waals surface area contributed by atoms with Gasteiger partial charge < -0.3 is 14.6 Å². The molecule has 0 aromatic heterocycles. The normalized spacial score (nSPS) is 17.4. The summed E-state index contributed by atoms with van der Waals surface area (Å²) in [6.07, 6.45) is 2.89. The van der Waals surface area contributed by atoms with E-state index in [2.05, 4.69) is 12.1 Å². The van der Waals surface area contributed by atoms with Gasteiger partial charge in [-0.15, -0.1) is 0 Å². The van der Waals surface area contributed by atoms with Gasteiger partial charge >= 0.3 is 0 Å². The number of fused-ring (bicyclic) bond motifs is 2. The largest absolute Gasteiger partial charge is 0.486 e. The zero-order valence-corrected chi connectivity index (χ0v) is 11.8. The van der Waals surface area contributed by atoms with Crippen molar-refractivity contribution in [3.05, 3.63) is 58.7 Å². The molecule has 0 spiro atoms. The number of hydrogen-bond acceptors (Lipinski definition) is 3. The van der Waals surface area contributed by atoms with Crippen LogP contribution in [0.25, 0.3) is 0 Å². The molecule has 1 aliphatic carbocycles. The molecule has 1 N–H and O–H groups in total. The van der Waals surface area contributed by atoms with Crippen LogP contribution in [-0.2, 0) is 12.8 Å². The Bertz CT molecular complexity index is 678. The van der Waals surface area contributed by atoms with Crippen molar-refractivity contribution >= 4 is 0 Å². The molecule has 1 atom stereocenters. The lowest BCUT2D eigenvalue weighted by Gasteiger charge is -2.20. The number of aliphatic hydroxyl groups is 1. The summed E-state index contributed by atoms with van der Waals surface area (Å²) in [7, 11) is 0. The fourth-order valence-corrected chi connectivity index (χ4v) is 3.18. The van der Waals surface area contributed by atoms with E-state index in [1.165, 1.54) is 17.5 Å². The van der Waals surface area contributed by atoms with Gasteiger partial charge in [-0.05, 0) is 53.6 Å². The van der Waals surface area contributed by atoms with Crippen LogP contribution in [-0.4, -0.2) is 18.3 Å². The monoisotopic (exact) mass is 282 g/mol. The Morgan fingerprint density at radius 2 is 1.52 bits per heavy atom. The van der Waals surface area contributed by atoms with E-state index in [0.717, 1.165) is 35.5 Å². The van der Waals surface area contributed by atoms with Crippen molar-refractivity contribution in [2.75, 3.05) is 13.2 Å². The molecule has 0 bridgehead atoms. The van der Waals surface area contributed by atoms with Crippen LogP contribution in [0.4, 0.5) is 0 Å². The maximum absolute atomic E-state index is 10.6. The highest BCUT2D eigenvalue weighted by Gasteiger charge is 2.18. The first-order valence-electron chi connectivity index (χ1n) is 7.50. The number of ether oxygens (including phenoxy) is 2. The van der Waals surface area contributed by atoms with Crippen molar-refractivity contribution in [2.24, 2.45) is 0 Å². The molecular formula is C18H18O3. The minimum absolute atomic E-state index is 0.561. The summed E-state index contributed by atoms with van der Waals surface area (Å²) in [5.74, 6) is 1.48. The third-order valence-electron chi connectivity index (χ3n) is 4.32. The molecule has 2 aliphatic rings. The van der Waals surface area contributed by atoms with Crippen LogP contribution in [0.2, 0.25) is 0 Å². The Hall–Kier alpha value is -2.00. The van der Waals surface area contributed by atoms with Gasteiger partial charge in [-0.1, -0.05) is 24.3 Å². The molecule has 1 aliphatic heterocycles. The van der Waals surface area contributed by atoms with Crippen molar-refractivity contribution in [1.82, 2.24) is 0 Å². The summed E-state index contributed by atoms with van der Waals surface area (Å²) in [4.78, 5) is 0. The minimum atomic E-state index is -0.619. The van der Waals surface area contributed by atoms with Crippen molar-refractivity contribution in [3.63, 3.8) is 0 Å². The SMILES string of the molecule is OC(c1ccc2c(c1)CCC2)c1ccc2c(c1)OCCO2. The van der Waals surface area contributed by atoms with Gasteiger partial charge in [-0.2, -0.15) is 0 Å². The average molecular weight is 282 g/mol. The first kappa shape index (κ1) is 12.7. The Balaban J connectivity index is 1.66. The summed E-state index contributed by atoms with van der Waals surface area (Å²) in [5, 5.41) is 10.6. The average Bonchev–Trinajstić information content (AvgIpc) is 3.01. The molecule has 0 saturated carbocycles. The van der Waals surface area contributed by atoms with E-state index in [9.17, 15) is 5.11 Å². The molecule has 0 amide bonds. The van der Waals surface area contributed by atoms with Gasteiger partial charge in [0.15, 0.2) is 11.5 Å². The fourth-order valence-electron chi connectivity index (χ4n) is 3.18. The standard InChI is InChI=1S/C18H18O3/c19-18(14-5-4-12-2-1-3-13(12)10-14)15-6-7-16-17(11-15)21-9-8-20-16/h4-7,10-11,18-19H,1-3,8-9H2. The predicted molar refractivity (Wildman–Crippen MR) is 80.0 cm³/mol. The van der Waals surface area contributed by atoms with Gasteiger partial charge in [0.05, 0.1) is 0 Å². The third-order valence-corrected chi connectivity index (χ3v) is 4.32. The second-order valence-electron chi connectivity index (χ2n) is 5.69. The van der Waals surface area contributed by atoms with Crippen LogP contribution in [0.5, 0.6) is 11.5 Å². The Morgan fingerprint density at radius 3 is 2.43 bits per heavy atom. The zero-order chi connectivity index (χ0) is 14.2. The molecule has 1 heterocycles. The zero-order valence-electron chi connectivity index (χ0n) is 11.8. The van der Waals surface area contributed by atoms with Gasteiger partial charge in [0.25, 0.3) is 0 Å². The van der Waals surface area contributed by atoms with Gasteiger partial charge in [-0.3, -0.25) is 0 Å². The Morgan fingerprint density at radius 1 is 0.810 bits per heavy atom. The Kier molecular flexibility index (Phi) is 3.08. The molecular weight excluding hydrogens is 264 g/mol. The van der Waals surface area contributed by atoms with E-state index in [-0.39, 0.29) is 0 Å². The predicted octanol–water partition coefficient (Wildman–Crippen LogP) is 3.03. The molecule has 1 unspecified atom stereocenters. The summed E-state index contributed by atoms with van der Waals surface area (Å²) >= 11 is 0. The highest BCUT2D eigenvalue weighted by Crippen LogP contribution is 2.35. The van der Waals surface area contributed by atoms with E-state index in [0.29, 0.717) is 13.2 Å². The van der Waals surface area contributed by atoms with Gasteiger partial charge in [0.1, 0.15) is 19.3 Å². The van der Waals surface area contributed by atoms with Crippen LogP contribution >= 0.6 is 0 Å². The van der Waals surface area contributed by atoms with Crippen molar-refractivity contribution < 1.29 is 14.6 Å². The maximum Gasteiger partial charge on any atom is 0.161 e. The van der Waals surface area contributed by atoms with Crippen molar-refractivity contribution in [1.29, 1.82) is 0 Å². The summed E-state index contributed by atoms with van der Waals surface area (Å²) < 4.78 is 11.1. The van der Waals surface area contributed by atoms with Crippen LogP contribution in [0.3, 0.4) is 0 Å². The maximum atomic E-state index is 10.6. The van der Waals surface area contributed by atoms with Crippen molar-refractivity contribution in [2.45, 2.75) is 25.4 Å². The molecule has 108 valence electrons. The van der Waals surface area contributed by atoms with Crippen molar-refractivity contribution in [3.8, 4) is 11.5 Å². The van der Waals surface area contributed by atoms with E-state index in [1.54, 1.807) is 0 Å². The molecule has 0 fully saturated rings. The quantitative estimate of drug-likeness (QED) is 0.920. The minimum Gasteiger partial charge on any atom is -0.486 e. The molecule has 3 heteroatoms. The van der Waals surface area contributed by atoms with Crippen LogP contribution in [0.1, 0.15) is 34.8 Å². The highest BCUT2D eigenvalue weighted by molar-refractivity contribution is 5.47. The topological polar surface area (TPSA) is 38.7 Å². The highest BCUT2D eigenvalue weighted by atomic mass is 16.6. The number of rotatable bonds is 2. The van der Waals surface area contributed by atoms with E-state index in [4.69, 9.17) is 9.47 Å². The molecule has 0 saturated heterocycles. The number of aryl methyl sites for hydroxylation is 2. The lowest BCUT2D eigenvalue weighted by molar-refractivity contribution is 0.169.